The predicted molar refractivity (Wildman–Crippen MR) is 74.1 cm³/mol. The number of para-hydroxylation sites is 1. The van der Waals surface area contributed by atoms with Crippen LogP contribution in [0.3, 0.4) is 0 Å². The largest absolute Gasteiger partial charge is 0.435 e. The molecule has 20 heavy (non-hydrogen) atoms. The highest BCUT2D eigenvalue weighted by atomic mass is 19.3. The summed E-state index contributed by atoms with van der Waals surface area (Å²) in [7, 11) is 2.17. The molecule has 2 bridgehead atoms. The van der Waals surface area contributed by atoms with Crippen molar-refractivity contribution in [3.8, 4) is 5.75 Å². The lowest BCUT2D eigenvalue weighted by atomic mass is 9.95. The molecular weight excluding hydrogens is 260 g/mol. The lowest BCUT2D eigenvalue weighted by Crippen LogP contribution is -2.35. The third-order valence-corrected chi connectivity index (χ3v) is 4.43. The van der Waals surface area contributed by atoms with Crippen molar-refractivity contribution in [2.75, 3.05) is 7.05 Å². The van der Waals surface area contributed by atoms with Gasteiger partial charge in [-0.3, -0.25) is 4.90 Å². The summed E-state index contributed by atoms with van der Waals surface area (Å²) in [4.78, 5) is 2.42. The fourth-order valence-electron chi connectivity index (χ4n) is 3.37. The Kier molecular flexibility index (Phi) is 3.74. The highest BCUT2D eigenvalue weighted by molar-refractivity contribution is 5.37. The molecule has 2 heterocycles. The molecule has 0 spiro atoms. The Labute approximate surface area is 118 Å². The van der Waals surface area contributed by atoms with Gasteiger partial charge in [0.15, 0.2) is 0 Å². The molecule has 108 valence electrons. The summed E-state index contributed by atoms with van der Waals surface area (Å²) >= 11 is 0. The molecule has 1 saturated heterocycles. The van der Waals surface area contributed by atoms with E-state index in [4.69, 9.17) is 0 Å². The predicted octanol–water partition coefficient (Wildman–Crippen LogP) is 3.62. The van der Waals surface area contributed by atoms with Crippen LogP contribution < -0.4 is 4.74 Å². The smallest absolute Gasteiger partial charge is 0.387 e. The summed E-state index contributed by atoms with van der Waals surface area (Å²) in [6, 6.07) is 8.23. The van der Waals surface area contributed by atoms with Crippen molar-refractivity contribution in [1.29, 1.82) is 0 Å². The molecule has 3 rings (SSSR count). The van der Waals surface area contributed by atoms with Crippen LogP contribution in [0.1, 0.15) is 24.8 Å². The van der Waals surface area contributed by atoms with Crippen molar-refractivity contribution < 1.29 is 13.5 Å². The maximum atomic E-state index is 12.4. The van der Waals surface area contributed by atoms with E-state index in [9.17, 15) is 8.78 Å². The zero-order valence-electron chi connectivity index (χ0n) is 11.6. The molecule has 1 aromatic carbocycles. The summed E-state index contributed by atoms with van der Waals surface area (Å²) < 4.78 is 29.4. The van der Waals surface area contributed by atoms with Gasteiger partial charge < -0.3 is 4.74 Å². The van der Waals surface area contributed by atoms with Crippen molar-refractivity contribution in [3.05, 3.63) is 41.5 Å². The first kappa shape index (κ1) is 13.6. The Bertz CT molecular complexity index is 515. The fraction of sp³-hybridized carbons (Fsp3) is 0.500. The van der Waals surface area contributed by atoms with E-state index in [1.165, 1.54) is 18.4 Å². The lowest BCUT2D eigenvalue weighted by molar-refractivity contribution is -0.0504. The number of benzene rings is 1. The maximum Gasteiger partial charge on any atom is 0.387 e. The Hall–Kier alpha value is -1.42. The number of hydrogen-bond donors (Lipinski definition) is 0. The van der Waals surface area contributed by atoms with Crippen molar-refractivity contribution in [3.63, 3.8) is 0 Å². The summed E-state index contributed by atoms with van der Waals surface area (Å²) in [6.45, 7) is -2.77. The molecule has 2 aliphatic rings. The molecule has 2 atom stereocenters. The van der Waals surface area contributed by atoms with Gasteiger partial charge in [0.05, 0.1) is 0 Å². The number of halogens is 2. The van der Waals surface area contributed by atoms with Crippen LogP contribution in [0.2, 0.25) is 0 Å². The molecule has 0 aliphatic carbocycles. The van der Waals surface area contributed by atoms with Gasteiger partial charge in [-0.05, 0) is 44.4 Å². The third-order valence-electron chi connectivity index (χ3n) is 4.43. The molecule has 0 saturated carbocycles. The highest BCUT2D eigenvalue weighted by Crippen LogP contribution is 2.35. The first-order valence-electron chi connectivity index (χ1n) is 7.07. The summed E-state index contributed by atoms with van der Waals surface area (Å²) in [5.41, 5.74) is 2.20. The van der Waals surface area contributed by atoms with Crippen molar-refractivity contribution >= 4 is 0 Å². The summed E-state index contributed by atoms with van der Waals surface area (Å²) in [6.07, 6.45) is 6.50. The Balaban J connectivity index is 1.77. The molecule has 1 fully saturated rings. The van der Waals surface area contributed by atoms with Gasteiger partial charge in [-0.2, -0.15) is 8.78 Å². The topological polar surface area (TPSA) is 12.5 Å². The van der Waals surface area contributed by atoms with Crippen LogP contribution >= 0.6 is 0 Å². The van der Waals surface area contributed by atoms with Crippen LogP contribution in [-0.4, -0.2) is 30.6 Å². The van der Waals surface area contributed by atoms with E-state index in [1.807, 2.05) is 12.1 Å². The Morgan fingerprint density at radius 3 is 2.85 bits per heavy atom. The summed E-state index contributed by atoms with van der Waals surface area (Å²) in [5, 5.41) is 0. The number of nitrogens with zero attached hydrogens (tertiary/aromatic N) is 1. The first-order chi connectivity index (χ1) is 9.63. The number of ether oxygens (including phenoxy) is 1. The Morgan fingerprint density at radius 2 is 2.10 bits per heavy atom. The molecule has 0 aromatic heterocycles. The van der Waals surface area contributed by atoms with Crippen molar-refractivity contribution in [2.45, 2.75) is 44.4 Å². The minimum absolute atomic E-state index is 0.301. The van der Waals surface area contributed by atoms with Gasteiger partial charge in [-0.15, -0.1) is 0 Å². The second-order valence-corrected chi connectivity index (χ2v) is 5.66. The van der Waals surface area contributed by atoms with Crippen LogP contribution in [0, 0.1) is 0 Å². The SMILES string of the molecule is CN1C2C=C(Cc3ccccc3OC(F)F)CC1CC2. The molecule has 0 amide bonds. The van der Waals surface area contributed by atoms with Crippen LogP contribution in [0.5, 0.6) is 5.75 Å². The van der Waals surface area contributed by atoms with Gasteiger partial charge >= 0.3 is 6.61 Å². The normalized spacial score (nSPS) is 25.9. The fourth-order valence-corrected chi connectivity index (χ4v) is 3.37. The maximum absolute atomic E-state index is 12.4. The van der Waals surface area contributed by atoms with Gasteiger partial charge in [0.25, 0.3) is 0 Å². The standard InChI is InChI=1S/C16H19F2NO/c1-19-13-6-7-14(19)10-11(9-13)8-12-4-2-3-5-15(12)20-16(17)18/h2-5,9,13-14,16H,6-8,10H2,1H3. The van der Waals surface area contributed by atoms with E-state index in [0.29, 0.717) is 24.3 Å². The molecular formula is C16H19F2NO. The molecule has 4 heteroatoms. The lowest BCUT2D eigenvalue weighted by Gasteiger charge is -2.30. The minimum Gasteiger partial charge on any atom is -0.435 e. The van der Waals surface area contributed by atoms with Crippen LogP contribution in [0.25, 0.3) is 0 Å². The molecule has 2 aliphatic heterocycles. The van der Waals surface area contributed by atoms with Gasteiger partial charge in [0, 0.05) is 12.1 Å². The number of rotatable bonds is 4. The third kappa shape index (κ3) is 2.70. The van der Waals surface area contributed by atoms with Crippen molar-refractivity contribution in [2.24, 2.45) is 0 Å². The van der Waals surface area contributed by atoms with Crippen molar-refractivity contribution in [1.82, 2.24) is 4.90 Å². The molecule has 0 radical (unpaired) electrons. The number of hydrogen-bond acceptors (Lipinski definition) is 2. The molecule has 0 N–H and O–H groups in total. The number of fused-ring (bicyclic) bond motifs is 2. The van der Waals surface area contributed by atoms with E-state index >= 15 is 0 Å². The minimum atomic E-state index is -2.77. The highest BCUT2D eigenvalue weighted by Gasteiger charge is 2.33. The van der Waals surface area contributed by atoms with E-state index in [2.05, 4.69) is 22.8 Å². The zero-order chi connectivity index (χ0) is 14.1. The van der Waals surface area contributed by atoms with Crippen LogP contribution in [0.15, 0.2) is 35.9 Å². The van der Waals surface area contributed by atoms with Crippen LogP contribution in [-0.2, 0) is 6.42 Å². The summed E-state index contributed by atoms with van der Waals surface area (Å²) in [5.74, 6) is 0.301. The second kappa shape index (κ2) is 5.52. The Morgan fingerprint density at radius 1 is 1.30 bits per heavy atom. The monoisotopic (exact) mass is 279 g/mol. The first-order valence-corrected chi connectivity index (χ1v) is 7.07. The molecule has 1 aromatic rings. The second-order valence-electron chi connectivity index (χ2n) is 5.66. The average Bonchev–Trinajstić information content (AvgIpc) is 2.63. The van der Waals surface area contributed by atoms with E-state index in [1.54, 1.807) is 12.1 Å². The van der Waals surface area contributed by atoms with E-state index < -0.39 is 6.61 Å². The number of alkyl halides is 2. The quantitative estimate of drug-likeness (QED) is 0.780. The van der Waals surface area contributed by atoms with Gasteiger partial charge in [-0.1, -0.05) is 29.8 Å². The average molecular weight is 279 g/mol. The van der Waals surface area contributed by atoms with E-state index in [0.717, 1.165) is 12.0 Å². The van der Waals surface area contributed by atoms with E-state index in [-0.39, 0.29) is 0 Å². The molecule has 2 nitrogen and oxygen atoms in total. The molecule has 2 unspecified atom stereocenters. The van der Waals surface area contributed by atoms with Gasteiger partial charge in [-0.25, -0.2) is 0 Å². The van der Waals surface area contributed by atoms with Crippen LogP contribution in [0.4, 0.5) is 8.78 Å². The van der Waals surface area contributed by atoms with Gasteiger partial charge in [0.1, 0.15) is 5.75 Å². The van der Waals surface area contributed by atoms with Gasteiger partial charge in [0.2, 0.25) is 0 Å². The number of likely N-dealkylation sites (N-methyl/N-ethyl adjacent to an activating group) is 1. The zero-order valence-corrected chi connectivity index (χ0v) is 11.6.